The van der Waals surface area contributed by atoms with Crippen LogP contribution < -0.4 is 4.74 Å². The van der Waals surface area contributed by atoms with Gasteiger partial charge in [-0.3, -0.25) is 0 Å². The molecule has 0 amide bonds. The van der Waals surface area contributed by atoms with Crippen molar-refractivity contribution in [3.63, 3.8) is 0 Å². The minimum atomic E-state index is -0.249. The molecule has 0 radical (unpaired) electrons. The summed E-state index contributed by atoms with van der Waals surface area (Å²) >= 11 is 0. The first-order valence-electron chi connectivity index (χ1n) is 6.49. The fourth-order valence-corrected chi connectivity index (χ4v) is 1.62. The van der Waals surface area contributed by atoms with Crippen molar-refractivity contribution in [1.82, 2.24) is 0 Å². The molecule has 1 rings (SSSR count). The Bertz CT molecular complexity index is 365. The van der Waals surface area contributed by atoms with E-state index in [1.54, 1.807) is 6.92 Å². The van der Waals surface area contributed by atoms with Crippen LogP contribution in [0.5, 0.6) is 5.75 Å². The van der Waals surface area contributed by atoms with Crippen LogP contribution in [0.15, 0.2) is 24.3 Å². The SMILES string of the molecule is CC(O)CCc1ccc(OCCCCC#N)cc1. The van der Waals surface area contributed by atoms with Crippen molar-refractivity contribution >= 4 is 0 Å². The van der Waals surface area contributed by atoms with Gasteiger partial charge in [0, 0.05) is 6.42 Å². The summed E-state index contributed by atoms with van der Waals surface area (Å²) < 4.78 is 5.57. The Morgan fingerprint density at radius 2 is 2.00 bits per heavy atom. The number of aryl methyl sites for hydroxylation is 1. The zero-order chi connectivity index (χ0) is 13.2. The van der Waals surface area contributed by atoms with Gasteiger partial charge in [0.05, 0.1) is 18.8 Å². The van der Waals surface area contributed by atoms with E-state index in [2.05, 4.69) is 6.07 Å². The molecule has 3 nitrogen and oxygen atoms in total. The fourth-order valence-electron chi connectivity index (χ4n) is 1.62. The average molecular weight is 247 g/mol. The van der Waals surface area contributed by atoms with E-state index < -0.39 is 0 Å². The largest absolute Gasteiger partial charge is 0.494 e. The highest BCUT2D eigenvalue weighted by Crippen LogP contribution is 2.14. The first kappa shape index (κ1) is 14.5. The lowest BCUT2D eigenvalue weighted by Crippen LogP contribution is -2.01. The van der Waals surface area contributed by atoms with Gasteiger partial charge in [-0.15, -0.1) is 0 Å². The quantitative estimate of drug-likeness (QED) is 0.718. The molecular formula is C15H21NO2. The second kappa shape index (κ2) is 8.54. The van der Waals surface area contributed by atoms with E-state index in [1.165, 1.54) is 5.56 Å². The molecule has 0 aromatic heterocycles. The average Bonchev–Trinajstić information content (AvgIpc) is 2.37. The van der Waals surface area contributed by atoms with E-state index in [0.717, 1.165) is 31.4 Å². The highest BCUT2D eigenvalue weighted by Gasteiger charge is 1.99. The minimum Gasteiger partial charge on any atom is -0.494 e. The molecule has 0 spiro atoms. The van der Waals surface area contributed by atoms with E-state index in [0.29, 0.717) is 13.0 Å². The zero-order valence-electron chi connectivity index (χ0n) is 10.9. The monoisotopic (exact) mass is 247 g/mol. The van der Waals surface area contributed by atoms with Crippen LogP contribution in [0.1, 0.15) is 38.2 Å². The second-order valence-electron chi connectivity index (χ2n) is 4.50. The zero-order valence-corrected chi connectivity index (χ0v) is 10.9. The highest BCUT2D eigenvalue weighted by atomic mass is 16.5. The van der Waals surface area contributed by atoms with E-state index in [4.69, 9.17) is 10.00 Å². The van der Waals surface area contributed by atoms with E-state index >= 15 is 0 Å². The summed E-state index contributed by atoms with van der Waals surface area (Å²) in [7, 11) is 0. The molecule has 0 saturated heterocycles. The number of nitriles is 1. The summed E-state index contributed by atoms with van der Waals surface area (Å²) in [5, 5.41) is 17.6. The molecule has 0 fully saturated rings. The summed E-state index contributed by atoms with van der Waals surface area (Å²) in [6, 6.07) is 10.1. The van der Waals surface area contributed by atoms with Crippen LogP contribution >= 0.6 is 0 Å². The van der Waals surface area contributed by atoms with Gasteiger partial charge in [-0.25, -0.2) is 0 Å². The fraction of sp³-hybridized carbons (Fsp3) is 0.533. The number of rotatable bonds is 8. The van der Waals surface area contributed by atoms with Gasteiger partial charge in [0.1, 0.15) is 5.75 Å². The maximum Gasteiger partial charge on any atom is 0.119 e. The third-order valence-corrected chi connectivity index (χ3v) is 2.73. The maximum atomic E-state index is 9.21. The van der Waals surface area contributed by atoms with Crippen LogP contribution in [-0.4, -0.2) is 17.8 Å². The van der Waals surface area contributed by atoms with Crippen LogP contribution in [0.4, 0.5) is 0 Å². The van der Waals surface area contributed by atoms with Crippen molar-refractivity contribution in [1.29, 1.82) is 5.26 Å². The molecule has 1 aromatic rings. The topological polar surface area (TPSA) is 53.2 Å². The summed E-state index contributed by atoms with van der Waals surface area (Å²) in [4.78, 5) is 0. The van der Waals surface area contributed by atoms with Gasteiger partial charge in [0.2, 0.25) is 0 Å². The Kier molecular flexibility index (Phi) is 6.90. The van der Waals surface area contributed by atoms with Gasteiger partial charge in [-0.05, 0) is 50.3 Å². The first-order valence-corrected chi connectivity index (χ1v) is 6.49. The summed E-state index contributed by atoms with van der Waals surface area (Å²) in [5.74, 6) is 0.868. The van der Waals surface area contributed by atoms with Gasteiger partial charge >= 0.3 is 0 Å². The van der Waals surface area contributed by atoms with Crippen LogP contribution in [-0.2, 0) is 6.42 Å². The predicted octanol–water partition coefficient (Wildman–Crippen LogP) is 3.07. The van der Waals surface area contributed by atoms with Crippen molar-refractivity contribution in [2.75, 3.05) is 6.61 Å². The predicted molar refractivity (Wildman–Crippen MR) is 71.4 cm³/mol. The number of hydrogen-bond donors (Lipinski definition) is 1. The smallest absolute Gasteiger partial charge is 0.119 e. The maximum absolute atomic E-state index is 9.21. The first-order chi connectivity index (χ1) is 8.72. The molecule has 1 atom stereocenters. The molecule has 0 aliphatic heterocycles. The summed E-state index contributed by atoms with van der Waals surface area (Å²) in [6.07, 6.45) is 3.83. The minimum absolute atomic E-state index is 0.249. The number of ether oxygens (including phenoxy) is 1. The molecule has 0 aliphatic rings. The standard InChI is InChI=1S/C15H21NO2/c1-13(17)5-6-14-7-9-15(10-8-14)18-12-4-2-3-11-16/h7-10,13,17H,2-6,12H2,1H3. The lowest BCUT2D eigenvalue weighted by atomic mass is 10.1. The Hall–Kier alpha value is -1.53. The third-order valence-electron chi connectivity index (χ3n) is 2.73. The third kappa shape index (κ3) is 6.27. The lowest BCUT2D eigenvalue weighted by molar-refractivity contribution is 0.185. The van der Waals surface area contributed by atoms with Crippen LogP contribution in [0.2, 0.25) is 0 Å². The number of aliphatic hydroxyl groups excluding tert-OH is 1. The normalized spacial score (nSPS) is 11.8. The molecular weight excluding hydrogens is 226 g/mol. The molecule has 98 valence electrons. The molecule has 0 aliphatic carbocycles. The van der Waals surface area contributed by atoms with E-state index in [1.807, 2.05) is 24.3 Å². The van der Waals surface area contributed by atoms with Crippen LogP contribution in [0.25, 0.3) is 0 Å². The Labute approximate surface area is 109 Å². The summed E-state index contributed by atoms with van der Waals surface area (Å²) in [6.45, 7) is 2.47. The highest BCUT2D eigenvalue weighted by molar-refractivity contribution is 5.27. The van der Waals surface area contributed by atoms with Crippen molar-refractivity contribution in [3.05, 3.63) is 29.8 Å². The number of hydrogen-bond acceptors (Lipinski definition) is 3. The Morgan fingerprint density at radius 1 is 1.28 bits per heavy atom. The van der Waals surface area contributed by atoms with Crippen molar-refractivity contribution in [2.45, 2.75) is 45.1 Å². The van der Waals surface area contributed by atoms with Crippen molar-refractivity contribution in [3.8, 4) is 11.8 Å². The molecule has 18 heavy (non-hydrogen) atoms. The van der Waals surface area contributed by atoms with Gasteiger partial charge in [0.25, 0.3) is 0 Å². The second-order valence-corrected chi connectivity index (χ2v) is 4.50. The Balaban J connectivity index is 2.25. The molecule has 1 N–H and O–H groups in total. The van der Waals surface area contributed by atoms with Crippen LogP contribution in [0, 0.1) is 11.3 Å². The number of nitrogens with zero attached hydrogens (tertiary/aromatic N) is 1. The molecule has 0 heterocycles. The van der Waals surface area contributed by atoms with Gasteiger partial charge in [-0.1, -0.05) is 12.1 Å². The Morgan fingerprint density at radius 3 is 2.61 bits per heavy atom. The summed E-state index contributed by atoms with van der Waals surface area (Å²) in [5.41, 5.74) is 1.22. The van der Waals surface area contributed by atoms with E-state index in [9.17, 15) is 5.11 Å². The lowest BCUT2D eigenvalue weighted by Gasteiger charge is -2.07. The van der Waals surface area contributed by atoms with Crippen LogP contribution in [0.3, 0.4) is 0 Å². The van der Waals surface area contributed by atoms with Crippen molar-refractivity contribution in [2.24, 2.45) is 0 Å². The number of benzene rings is 1. The molecule has 3 heteroatoms. The number of unbranched alkanes of at least 4 members (excludes halogenated alkanes) is 2. The molecule has 1 unspecified atom stereocenters. The number of aliphatic hydroxyl groups is 1. The van der Waals surface area contributed by atoms with Gasteiger partial charge < -0.3 is 9.84 Å². The van der Waals surface area contributed by atoms with Gasteiger partial charge in [-0.2, -0.15) is 5.26 Å². The molecule has 0 saturated carbocycles. The van der Waals surface area contributed by atoms with Gasteiger partial charge in [0.15, 0.2) is 0 Å². The van der Waals surface area contributed by atoms with E-state index in [-0.39, 0.29) is 6.10 Å². The van der Waals surface area contributed by atoms with Crippen molar-refractivity contribution < 1.29 is 9.84 Å². The molecule has 0 bridgehead atoms. The molecule has 1 aromatic carbocycles.